The second-order valence-corrected chi connectivity index (χ2v) is 6.38. The summed E-state index contributed by atoms with van der Waals surface area (Å²) in [7, 11) is 3.17. The first-order valence-corrected chi connectivity index (χ1v) is 7.94. The lowest BCUT2D eigenvalue weighted by Crippen LogP contribution is -2.40. The van der Waals surface area contributed by atoms with Crippen molar-refractivity contribution in [3.05, 3.63) is 23.8 Å². The van der Waals surface area contributed by atoms with E-state index >= 15 is 0 Å². The van der Waals surface area contributed by atoms with Gasteiger partial charge in [-0.05, 0) is 30.5 Å². The molecule has 1 fully saturated rings. The SMILES string of the molecule is COc1cc(C2(CCN(C)C(C)=O)CCC(=O)C(=O)C2)ccc1O. The molecule has 1 amide bonds. The van der Waals surface area contributed by atoms with E-state index in [0.29, 0.717) is 25.1 Å². The maximum atomic E-state index is 12.1. The maximum Gasteiger partial charge on any atom is 0.219 e. The molecule has 24 heavy (non-hydrogen) atoms. The highest BCUT2D eigenvalue weighted by atomic mass is 16.5. The lowest BCUT2D eigenvalue weighted by atomic mass is 9.66. The van der Waals surface area contributed by atoms with Gasteiger partial charge in [0, 0.05) is 38.8 Å². The fraction of sp³-hybridized carbons (Fsp3) is 0.500. The van der Waals surface area contributed by atoms with Crippen molar-refractivity contribution < 1.29 is 24.2 Å². The van der Waals surface area contributed by atoms with Crippen molar-refractivity contribution in [1.82, 2.24) is 4.90 Å². The summed E-state index contributed by atoms with van der Waals surface area (Å²) < 4.78 is 5.17. The van der Waals surface area contributed by atoms with E-state index in [9.17, 15) is 19.5 Å². The van der Waals surface area contributed by atoms with Crippen LogP contribution in [0.2, 0.25) is 0 Å². The summed E-state index contributed by atoms with van der Waals surface area (Å²) in [4.78, 5) is 36.8. The van der Waals surface area contributed by atoms with Gasteiger partial charge in [0.1, 0.15) is 0 Å². The molecule has 1 aromatic carbocycles. The van der Waals surface area contributed by atoms with Gasteiger partial charge in [-0.25, -0.2) is 0 Å². The number of phenolic OH excluding ortho intramolecular Hbond substituents is 1. The first-order valence-electron chi connectivity index (χ1n) is 7.94. The Hall–Kier alpha value is -2.37. The quantitative estimate of drug-likeness (QED) is 0.831. The number of amides is 1. The van der Waals surface area contributed by atoms with Gasteiger partial charge in [-0.15, -0.1) is 0 Å². The molecule has 0 bridgehead atoms. The molecule has 1 unspecified atom stereocenters. The average molecular weight is 333 g/mol. The van der Waals surface area contributed by atoms with E-state index in [1.165, 1.54) is 20.1 Å². The lowest BCUT2D eigenvalue weighted by Gasteiger charge is -2.38. The molecule has 130 valence electrons. The number of benzene rings is 1. The predicted octanol–water partition coefficient (Wildman–Crippen LogP) is 1.83. The number of nitrogens with zero attached hydrogens (tertiary/aromatic N) is 1. The Morgan fingerprint density at radius 2 is 2.04 bits per heavy atom. The number of hydrogen-bond acceptors (Lipinski definition) is 5. The fourth-order valence-corrected chi connectivity index (χ4v) is 3.14. The highest BCUT2D eigenvalue weighted by molar-refractivity contribution is 6.38. The number of hydrogen-bond donors (Lipinski definition) is 1. The van der Waals surface area contributed by atoms with Gasteiger partial charge in [-0.3, -0.25) is 14.4 Å². The standard InChI is InChI=1S/C18H23NO5/c1-12(20)19(2)9-8-18(7-6-14(21)16(23)11-18)13-4-5-15(22)17(10-13)24-3/h4-5,10,22H,6-9,11H2,1-3H3. The molecule has 6 heteroatoms. The Morgan fingerprint density at radius 3 is 2.62 bits per heavy atom. The van der Waals surface area contributed by atoms with Crippen molar-refractivity contribution in [2.75, 3.05) is 20.7 Å². The van der Waals surface area contributed by atoms with Crippen LogP contribution >= 0.6 is 0 Å². The molecule has 0 spiro atoms. The molecule has 6 nitrogen and oxygen atoms in total. The summed E-state index contributed by atoms with van der Waals surface area (Å²) in [6.07, 6.45) is 1.42. The Kier molecular flexibility index (Phi) is 5.26. The second-order valence-electron chi connectivity index (χ2n) is 6.38. The number of ether oxygens (including phenoxy) is 1. The third kappa shape index (κ3) is 3.58. The number of Topliss-reactive ketones (excluding diaryl/α,β-unsaturated/α-hetero) is 2. The minimum Gasteiger partial charge on any atom is -0.504 e. The van der Waals surface area contributed by atoms with Crippen molar-refractivity contribution in [3.63, 3.8) is 0 Å². The van der Waals surface area contributed by atoms with Gasteiger partial charge < -0.3 is 14.7 Å². The summed E-state index contributed by atoms with van der Waals surface area (Å²) in [6, 6.07) is 5.01. The van der Waals surface area contributed by atoms with E-state index in [-0.39, 0.29) is 36.1 Å². The summed E-state index contributed by atoms with van der Waals surface area (Å²) in [5.74, 6) is -0.409. The van der Waals surface area contributed by atoms with E-state index in [4.69, 9.17) is 4.74 Å². The minimum atomic E-state index is -0.532. The molecule has 2 rings (SSSR count). The Morgan fingerprint density at radius 1 is 1.33 bits per heavy atom. The van der Waals surface area contributed by atoms with Crippen LogP contribution in [0.5, 0.6) is 11.5 Å². The molecule has 1 aromatic rings. The van der Waals surface area contributed by atoms with Crippen molar-refractivity contribution in [2.24, 2.45) is 0 Å². The van der Waals surface area contributed by atoms with Crippen LogP contribution in [-0.4, -0.2) is 48.2 Å². The molecule has 0 aromatic heterocycles. The van der Waals surface area contributed by atoms with Crippen LogP contribution in [0.3, 0.4) is 0 Å². The predicted molar refractivity (Wildman–Crippen MR) is 88.1 cm³/mol. The highest BCUT2D eigenvalue weighted by Gasteiger charge is 2.41. The van der Waals surface area contributed by atoms with Gasteiger partial charge in [-0.2, -0.15) is 0 Å². The largest absolute Gasteiger partial charge is 0.504 e. The average Bonchev–Trinajstić information content (AvgIpc) is 2.56. The fourth-order valence-electron chi connectivity index (χ4n) is 3.14. The van der Waals surface area contributed by atoms with Gasteiger partial charge in [0.05, 0.1) is 7.11 Å². The zero-order valence-corrected chi connectivity index (χ0v) is 14.3. The molecule has 0 saturated heterocycles. The van der Waals surface area contributed by atoms with Gasteiger partial charge in [0.2, 0.25) is 5.91 Å². The molecular weight excluding hydrogens is 310 g/mol. The smallest absolute Gasteiger partial charge is 0.219 e. The van der Waals surface area contributed by atoms with E-state index in [0.717, 1.165) is 5.56 Å². The van der Waals surface area contributed by atoms with Crippen LogP contribution in [0.1, 0.15) is 38.2 Å². The van der Waals surface area contributed by atoms with Crippen LogP contribution < -0.4 is 4.74 Å². The zero-order chi connectivity index (χ0) is 17.9. The zero-order valence-electron chi connectivity index (χ0n) is 14.3. The summed E-state index contributed by atoms with van der Waals surface area (Å²) >= 11 is 0. The Bertz CT molecular complexity index is 669. The topological polar surface area (TPSA) is 83.9 Å². The normalized spacial score (nSPS) is 20.8. The van der Waals surface area contributed by atoms with Gasteiger partial charge in [0.15, 0.2) is 23.1 Å². The van der Waals surface area contributed by atoms with Gasteiger partial charge in [-0.1, -0.05) is 6.07 Å². The Labute approximate surface area is 141 Å². The van der Waals surface area contributed by atoms with E-state index in [2.05, 4.69) is 0 Å². The number of methoxy groups -OCH3 is 1. The van der Waals surface area contributed by atoms with Crippen molar-refractivity contribution in [1.29, 1.82) is 0 Å². The third-order valence-electron chi connectivity index (χ3n) is 4.90. The van der Waals surface area contributed by atoms with Crippen molar-refractivity contribution in [2.45, 2.75) is 38.0 Å². The van der Waals surface area contributed by atoms with Crippen molar-refractivity contribution >= 4 is 17.5 Å². The molecule has 1 aliphatic rings. The highest BCUT2D eigenvalue weighted by Crippen LogP contribution is 2.42. The lowest BCUT2D eigenvalue weighted by molar-refractivity contribution is -0.139. The number of phenols is 1. The van der Waals surface area contributed by atoms with E-state index < -0.39 is 5.41 Å². The number of ketones is 2. The van der Waals surface area contributed by atoms with E-state index in [1.807, 2.05) is 0 Å². The third-order valence-corrected chi connectivity index (χ3v) is 4.90. The summed E-state index contributed by atoms with van der Waals surface area (Å²) in [6.45, 7) is 1.98. The molecule has 1 N–H and O–H groups in total. The molecule has 0 aliphatic heterocycles. The number of carbonyl (C=O) groups is 3. The van der Waals surface area contributed by atoms with E-state index in [1.54, 1.807) is 24.1 Å². The monoisotopic (exact) mass is 333 g/mol. The van der Waals surface area contributed by atoms with Gasteiger partial charge >= 0.3 is 0 Å². The van der Waals surface area contributed by atoms with Gasteiger partial charge in [0.25, 0.3) is 0 Å². The van der Waals surface area contributed by atoms with Crippen LogP contribution in [0.25, 0.3) is 0 Å². The van der Waals surface area contributed by atoms with Crippen molar-refractivity contribution in [3.8, 4) is 11.5 Å². The molecule has 1 aliphatic carbocycles. The number of carbonyl (C=O) groups excluding carboxylic acids is 3. The van der Waals surface area contributed by atoms with Crippen LogP contribution in [0, 0.1) is 0 Å². The number of rotatable bonds is 5. The summed E-state index contributed by atoms with van der Waals surface area (Å²) in [5, 5.41) is 9.80. The second kappa shape index (κ2) is 7.03. The first-order chi connectivity index (χ1) is 11.3. The number of aromatic hydroxyl groups is 1. The molecule has 0 radical (unpaired) electrons. The Balaban J connectivity index is 2.37. The molecule has 1 atom stereocenters. The maximum absolute atomic E-state index is 12.1. The summed E-state index contributed by atoms with van der Waals surface area (Å²) in [5.41, 5.74) is 0.310. The molecule has 0 heterocycles. The minimum absolute atomic E-state index is 0.0236. The molecular formula is C18H23NO5. The first kappa shape index (κ1) is 18.0. The van der Waals surface area contributed by atoms with Crippen LogP contribution in [-0.2, 0) is 19.8 Å². The molecule has 1 saturated carbocycles. The van der Waals surface area contributed by atoms with Crippen LogP contribution in [0.15, 0.2) is 18.2 Å². The van der Waals surface area contributed by atoms with Crippen LogP contribution in [0.4, 0.5) is 0 Å².